The van der Waals surface area contributed by atoms with Crippen molar-refractivity contribution < 1.29 is 9.84 Å². The van der Waals surface area contributed by atoms with Gasteiger partial charge in [0.1, 0.15) is 5.82 Å². The van der Waals surface area contributed by atoms with Crippen LogP contribution in [-0.2, 0) is 4.74 Å². The van der Waals surface area contributed by atoms with Crippen molar-refractivity contribution in [2.45, 2.75) is 37.9 Å². The zero-order valence-electron chi connectivity index (χ0n) is 12.6. The lowest BCUT2D eigenvalue weighted by Gasteiger charge is -2.31. The maximum Gasteiger partial charge on any atom is 0.227 e. The normalized spacial score (nSPS) is 23.5. The number of rotatable bonds is 4. The fraction of sp³-hybridized carbons (Fsp3) is 0.733. The third kappa shape index (κ3) is 3.63. The number of anilines is 2. The van der Waals surface area contributed by atoms with E-state index in [0.29, 0.717) is 6.10 Å². The summed E-state index contributed by atoms with van der Waals surface area (Å²) in [6.07, 6.45) is 5.84. The minimum atomic E-state index is -0.162. The summed E-state index contributed by atoms with van der Waals surface area (Å²) in [4.78, 5) is 13.3. The van der Waals surface area contributed by atoms with Gasteiger partial charge in [-0.3, -0.25) is 0 Å². The molecule has 1 unspecified atom stereocenters. The molecule has 1 aromatic rings. The predicted molar refractivity (Wildman–Crippen MR) is 81.7 cm³/mol. The van der Waals surface area contributed by atoms with Crippen LogP contribution < -0.4 is 9.80 Å². The molecular formula is C15H24N4O2. The van der Waals surface area contributed by atoms with Crippen molar-refractivity contribution >= 4 is 11.8 Å². The Kier molecular flexibility index (Phi) is 4.55. The number of aliphatic hydroxyl groups is 1. The quantitative estimate of drug-likeness (QED) is 0.895. The third-order valence-electron chi connectivity index (χ3n) is 4.26. The summed E-state index contributed by atoms with van der Waals surface area (Å²) in [6.45, 7) is 3.41. The molecule has 0 aromatic carbocycles. The van der Waals surface area contributed by atoms with E-state index in [1.165, 1.54) is 0 Å². The van der Waals surface area contributed by atoms with Crippen molar-refractivity contribution in [3.8, 4) is 0 Å². The zero-order chi connectivity index (χ0) is 14.7. The molecule has 1 atom stereocenters. The fourth-order valence-electron chi connectivity index (χ4n) is 2.97. The molecule has 6 nitrogen and oxygen atoms in total. The molecule has 2 saturated heterocycles. The van der Waals surface area contributed by atoms with Gasteiger partial charge in [0.05, 0.1) is 12.2 Å². The Bertz CT molecular complexity index is 457. The van der Waals surface area contributed by atoms with E-state index in [4.69, 9.17) is 4.74 Å². The molecule has 2 aliphatic heterocycles. The first-order valence-electron chi connectivity index (χ1n) is 7.81. The van der Waals surface area contributed by atoms with E-state index in [0.717, 1.165) is 63.7 Å². The first kappa shape index (κ1) is 14.5. The van der Waals surface area contributed by atoms with Crippen LogP contribution >= 0.6 is 0 Å². The molecule has 3 heterocycles. The summed E-state index contributed by atoms with van der Waals surface area (Å²) in [6, 6.07) is 1.95. The summed E-state index contributed by atoms with van der Waals surface area (Å²) in [5, 5.41) is 9.59. The van der Waals surface area contributed by atoms with Crippen LogP contribution in [0.15, 0.2) is 12.3 Å². The van der Waals surface area contributed by atoms with Gasteiger partial charge in [-0.2, -0.15) is 4.98 Å². The van der Waals surface area contributed by atoms with Crippen molar-refractivity contribution in [1.82, 2.24) is 9.97 Å². The Labute approximate surface area is 125 Å². The lowest BCUT2D eigenvalue weighted by atomic mass is 10.1. The van der Waals surface area contributed by atoms with Gasteiger partial charge in [-0.25, -0.2) is 4.98 Å². The summed E-state index contributed by atoms with van der Waals surface area (Å²) >= 11 is 0. The van der Waals surface area contributed by atoms with Crippen LogP contribution in [0.1, 0.15) is 25.7 Å². The minimum absolute atomic E-state index is 0.162. The van der Waals surface area contributed by atoms with Crippen LogP contribution in [0, 0.1) is 0 Å². The smallest absolute Gasteiger partial charge is 0.227 e. The average Bonchev–Trinajstić information content (AvgIpc) is 3.01. The van der Waals surface area contributed by atoms with E-state index >= 15 is 0 Å². The molecule has 6 heteroatoms. The van der Waals surface area contributed by atoms with Crippen molar-refractivity contribution in [3.05, 3.63) is 12.3 Å². The molecule has 2 aliphatic rings. The number of piperidine rings is 1. The first-order chi connectivity index (χ1) is 10.2. The van der Waals surface area contributed by atoms with Crippen molar-refractivity contribution in [2.75, 3.05) is 43.1 Å². The van der Waals surface area contributed by atoms with Crippen LogP contribution in [0.3, 0.4) is 0 Å². The Balaban J connectivity index is 1.64. The number of aliphatic hydroxyl groups excluding tert-OH is 1. The summed E-state index contributed by atoms with van der Waals surface area (Å²) in [7, 11) is 2.01. The number of hydrogen-bond acceptors (Lipinski definition) is 6. The molecule has 1 N–H and O–H groups in total. The van der Waals surface area contributed by atoms with Crippen LogP contribution in [0.25, 0.3) is 0 Å². The highest BCUT2D eigenvalue weighted by Crippen LogP contribution is 2.20. The van der Waals surface area contributed by atoms with Crippen LogP contribution in [0.2, 0.25) is 0 Å². The molecule has 0 saturated carbocycles. The topological polar surface area (TPSA) is 61.7 Å². The highest BCUT2D eigenvalue weighted by molar-refractivity contribution is 5.43. The van der Waals surface area contributed by atoms with E-state index in [-0.39, 0.29) is 6.10 Å². The second-order valence-corrected chi connectivity index (χ2v) is 5.95. The van der Waals surface area contributed by atoms with E-state index in [1.807, 2.05) is 19.3 Å². The Morgan fingerprint density at radius 2 is 2.19 bits per heavy atom. The van der Waals surface area contributed by atoms with E-state index < -0.39 is 0 Å². The average molecular weight is 292 g/mol. The predicted octanol–water partition coefficient (Wildman–Crippen LogP) is 1.05. The summed E-state index contributed by atoms with van der Waals surface area (Å²) in [5.74, 6) is 1.69. The molecular weight excluding hydrogens is 268 g/mol. The van der Waals surface area contributed by atoms with Gasteiger partial charge in [-0.05, 0) is 31.7 Å². The number of ether oxygens (including phenoxy) is 1. The van der Waals surface area contributed by atoms with Crippen molar-refractivity contribution in [2.24, 2.45) is 0 Å². The van der Waals surface area contributed by atoms with Gasteiger partial charge < -0.3 is 19.6 Å². The van der Waals surface area contributed by atoms with Crippen LogP contribution in [0.5, 0.6) is 0 Å². The number of nitrogens with zero attached hydrogens (tertiary/aromatic N) is 4. The molecule has 116 valence electrons. The lowest BCUT2D eigenvalue weighted by molar-refractivity contribution is 0.116. The van der Waals surface area contributed by atoms with E-state index in [1.54, 1.807) is 0 Å². The van der Waals surface area contributed by atoms with Gasteiger partial charge in [0.25, 0.3) is 0 Å². The van der Waals surface area contributed by atoms with Crippen LogP contribution in [0.4, 0.5) is 11.8 Å². The largest absolute Gasteiger partial charge is 0.393 e. The highest BCUT2D eigenvalue weighted by atomic mass is 16.5. The Morgan fingerprint density at radius 1 is 1.38 bits per heavy atom. The van der Waals surface area contributed by atoms with Gasteiger partial charge in [-0.1, -0.05) is 0 Å². The Morgan fingerprint density at radius 3 is 2.90 bits per heavy atom. The molecule has 3 rings (SSSR count). The van der Waals surface area contributed by atoms with Crippen molar-refractivity contribution in [3.63, 3.8) is 0 Å². The van der Waals surface area contributed by atoms with E-state index in [9.17, 15) is 5.11 Å². The first-order valence-corrected chi connectivity index (χ1v) is 7.81. The maximum absolute atomic E-state index is 9.59. The van der Waals surface area contributed by atoms with Crippen molar-refractivity contribution in [1.29, 1.82) is 0 Å². The molecule has 0 spiro atoms. The Hall–Kier alpha value is -1.40. The molecule has 1 aromatic heterocycles. The van der Waals surface area contributed by atoms with Gasteiger partial charge in [0.2, 0.25) is 5.95 Å². The van der Waals surface area contributed by atoms with Crippen LogP contribution in [-0.4, -0.2) is 60.6 Å². The molecule has 0 bridgehead atoms. The summed E-state index contributed by atoms with van der Waals surface area (Å²) < 4.78 is 5.67. The molecule has 0 amide bonds. The number of aromatic nitrogens is 2. The van der Waals surface area contributed by atoms with Gasteiger partial charge in [0, 0.05) is 39.5 Å². The van der Waals surface area contributed by atoms with Gasteiger partial charge in [0.15, 0.2) is 0 Å². The SMILES string of the molecule is CN(CC1CCCO1)c1nccc(N2CCC(O)CC2)n1. The fourth-order valence-corrected chi connectivity index (χ4v) is 2.97. The zero-order valence-corrected chi connectivity index (χ0v) is 12.6. The standard InChI is InChI=1S/C15H24N4O2/c1-18(11-13-3-2-10-21-13)15-16-7-4-14(17-15)19-8-5-12(20)6-9-19/h4,7,12-13,20H,2-3,5-6,8-11H2,1H3. The lowest BCUT2D eigenvalue weighted by Crippen LogP contribution is -2.37. The molecule has 2 fully saturated rings. The molecule has 21 heavy (non-hydrogen) atoms. The number of hydrogen-bond donors (Lipinski definition) is 1. The molecule has 0 radical (unpaired) electrons. The molecule has 0 aliphatic carbocycles. The maximum atomic E-state index is 9.59. The highest BCUT2D eigenvalue weighted by Gasteiger charge is 2.21. The second-order valence-electron chi connectivity index (χ2n) is 5.95. The second kappa shape index (κ2) is 6.58. The van der Waals surface area contributed by atoms with Gasteiger partial charge >= 0.3 is 0 Å². The number of likely N-dealkylation sites (N-methyl/N-ethyl adjacent to an activating group) is 1. The monoisotopic (exact) mass is 292 g/mol. The minimum Gasteiger partial charge on any atom is -0.393 e. The van der Waals surface area contributed by atoms with E-state index in [2.05, 4.69) is 19.8 Å². The third-order valence-corrected chi connectivity index (χ3v) is 4.26. The van der Waals surface area contributed by atoms with Gasteiger partial charge in [-0.15, -0.1) is 0 Å². The summed E-state index contributed by atoms with van der Waals surface area (Å²) in [5.41, 5.74) is 0.